The van der Waals surface area contributed by atoms with Crippen molar-refractivity contribution >= 4 is 78.6 Å². The SMILES string of the molecule is CC(C)=O.CC(C)=O.F[P-](F)(F)(F)(F)F.F[P-](F)(F)(F)(F)F.F[P-](F)(F)(F)(F)F.O.[Cr+3].c1cc(-c2cccc3cccnc23)nc(-c2cccc3cccnc23)c1.c1cc(-c2cccc3cccnc23)nc(-c2cccc3cccnc23)c1. The Hall–Kier alpha value is -7.32. The Morgan fingerprint density at radius 3 is 0.602 bits per heavy atom. The molecule has 0 atom stereocenters. The molecule has 0 aliphatic heterocycles. The molecule has 6 heterocycles. The van der Waals surface area contributed by atoms with E-state index in [-0.39, 0.29) is 34.4 Å². The van der Waals surface area contributed by atoms with E-state index < -0.39 is 23.4 Å². The Labute approximate surface area is 470 Å². The summed E-state index contributed by atoms with van der Waals surface area (Å²) >= 11 is 0. The number of para-hydroxylation sites is 4. The molecule has 0 bridgehead atoms. The molecular weight excluding hydrogens is 1240 g/mol. The molecule has 0 unspecified atom stereocenters. The molecule has 0 aliphatic carbocycles. The molecule has 0 spiro atoms. The number of carbonyl (C=O) groups excluding carboxylic acids is 2. The number of ketones is 2. The van der Waals surface area contributed by atoms with Crippen LogP contribution in [0.2, 0.25) is 0 Å². The molecule has 10 rings (SSSR count). The van der Waals surface area contributed by atoms with Gasteiger partial charge < -0.3 is 15.1 Å². The molecule has 4 aromatic carbocycles. The predicted octanol–water partition coefficient (Wildman–Crippen LogP) is 21.5. The van der Waals surface area contributed by atoms with Crippen molar-refractivity contribution in [3.05, 3.63) is 183 Å². The first-order valence-corrected chi connectivity index (χ1v) is 28.6. The summed E-state index contributed by atoms with van der Waals surface area (Å²) in [6.45, 7) is 6.11. The Kier molecular flexibility index (Phi) is 21.5. The van der Waals surface area contributed by atoms with Gasteiger partial charge >= 0.3 is 116 Å². The second kappa shape index (κ2) is 24.9. The van der Waals surface area contributed by atoms with Crippen LogP contribution in [0.4, 0.5) is 75.5 Å². The van der Waals surface area contributed by atoms with Crippen LogP contribution in [-0.4, -0.2) is 46.9 Å². The predicted molar refractivity (Wildman–Crippen MR) is 288 cm³/mol. The number of halogens is 18. The van der Waals surface area contributed by atoms with Gasteiger partial charge in [-0.1, -0.05) is 109 Å². The average Bonchev–Trinajstić information content (AvgIpc) is 3.37. The van der Waals surface area contributed by atoms with Crippen LogP contribution in [0.25, 0.3) is 88.6 Å². The fourth-order valence-electron chi connectivity index (χ4n) is 6.71. The summed E-state index contributed by atoms with van der Waals surface area (Å²) in [5.74, 6) is 0.333. The van der Waals surface area contributed by atoms with Gasteiger partial charge in [0.25, 0.3) is 0 Å². The maximum Gasteiger partial charge on any atom is 3.00 e. The largest absolute Gasteiger partial charge is 3.00 e. The van der Waals surface area contributed by atoms with Gasteiger partial charge in [-0.2, -0.15) is 0 Å². The van der Waals surface area contributed by atoms with Crippen LogP contribution in [0, 0.1) is 0 Å². The van der Waals surface area contributed by atoms with Gasteiger partial charge in [0, 0.05) is 68.6 Å². The number of aromatic nitrogens is 6. The topological polar surface area (TPSA) is 143 Å². The first kappa shape index (κ1) is 71.8. The van der Waals surface area contributed by atoms with Crippen LogP contribution in [0.1, 0.15) is 27.7 Å². The summed E-state index contributed by atoms with van der Waals surface area (Å²) < 4.78 is 178. The van der Waals surface area contributed by atoms with Crippen LogP contribution >= 0.6 is 23.4 Å². The second-order valence-electron chi connectivity index (χ2n) is 17.0. The molecule has 0 amide bonds. The summed E-state index contributed by atoms with van der Waals surface area (Å²) in [6.07, 6.45) is 7.29. The first-order chi connectivity index (χ1) is 36.6. The summed E-state index contributed by atoms with van der Waals surface area (Å²) in [4.78, 5) is 47.0. The summed E-state index contributed by atoms with van der Waals surface area (Å²) in [6, 6.07) is 53.1. The number of rotatable bonds is 4. The molecule has 31 heteroatoms. The quantitative estimate of drug-likeness (QED) is 0.125. The van der Waals surface area contributed by atoms with E-state index in [4.69, 9.17) is 9.97 Å². The third kappa shape index (κ3) is 31.1. The van der Waals surface area contributed by atoms with Crippen molar-refractivity contribution in [2.75, 3.05) is 0 Å². The third-order valence-electron chi connectivity index (χ3n) is 9.13. The number of hydrogen-bond donors (Lipinski definition) is 0. The number of hydrogen-bond acceptors (Lipinski definition) is 8. The van der Waals surface area contributed by atoms with E-state index in [0.29, 0.717) is 0 Å². The van der Waals surface area contributed by atoms with Gasteiger partial charge in [0.2, 0.25) is 0 Å². The van der Waals surface area contributed by atoms with Crippen molar-refractivity contribution in [1.82, 2.24) is 29.9 Å². The molecule has 10 aromatic rings. The van der Waals surface area contributed by atoms with Crippen molar-refractivity contribution < 1.29 is 108 Å². The van der Waals surface area contributed by atoms with Crippen molar-refractivity contribution in [3.8, 4) is 45.0 Å². The van der Waals surface area contributed by atoms with Gasteiger partial charge in [-0.3, -0.25) is 19.9 Å². The van der Waals surface area contributed by atoms with Crippen LogP contribution in [-0.2, 0) is 27.0 Å². The maximum absolute atomic E-state index is 10.7. The minimum atomic E-state index is -10.7. The standard InChI is InChI=1S/2C23H15N3.2C3H6O.Cr.3F6P.H2O/c2*1-6-16-8-4-14-24-22(16)18(10-1)20-12-3-13-21(26-20)19-11-2-7-17-9-5-15-25-23(17)19;2*1-3(2)4;;3*1-7(2,3,4,5)6;/h2*1-15H;2*1-2H3;;;;;1H2/q;;;;+3;3*-1;. The van der Waals surface area contributed by atoms with Crippen molar-refractivity contribution in [2.24, 2.45) is 0 Å². The minimum Gasteiger partial charge on any atom is -0.412 e. The molecule has 0 aliphatic rings. The molecule has 0 saturated heterocycles. The fraction of sp³-hybridized carbons (Fsp3) is 0.0769. The number of Topliss-reactive ketones (excluding diaryl/α,β-unsaturated/α-hetero) is 2. The van der Waals surface area contributed by atoms with Crippen molar-refractivity contribution in [3.63, 3.8) is 0 Å². The number of carbonyl (C=O) groups is 2. The van der Waals surface area contributed by atoms with Gasteiger partial charge in [0.15, 0.2) is 0 Å². The monoisotopic (exact) mass is 1290 g/mol. The molecule has 0 fully saturated rings. The van der Waals surface area contributed by atoms with Crippen LogP contribution in [0.15, 0.2) is 183 Å². The van der Waals surface area contributed by atoms with E-state index in [1.807, 2.05) is 110 Å². The Bertz CT molecular complexity index is 3360. The van der Waals surface area contributed by atoms with Gasteiger partial charge in [-0.15, -0.1) is 0 Å². The van der Waals surface area contributed by atoms with Gasteiger partial charge in [-0.25, -0.2) is 9.97 Å². The summed E-state index contributed by atoms with van der Waals surface area (Å²) in [5.41, 5.74) is 11.7. The van der Waals surface area contributed by atoms with Crippen LogP contribution in [0.3, 0.4) is 0 Å². The van der Waals surface area contributed by atoms with Crippen molar-refractivity contribution in [1.29, 1.82) is 0 Å². The smallest absolute Gasteiger partial charge is 0.412 e. The molecular formula is C52H44CrF18N6O3P3. The van der Waals surface area contributed by atoms with Crippen molar-refractivity contribution in [2.45, 2.75) is 27.7 Å². The molecule has 447 valence electrons. The van der Waals surface area contributed by atoms with Gasteiger partial charge in [0.05, 0.1) is 44.8 Å². The number of nitrogens with zero attached hydrogens (tertiary/aromatic N) is 6. The summed E-state index contributed by atoms with van der Waals surface area (Å²) in [5, 5.41) is 4.46. The average molecular weight is 1290 g/mol. The first-order valence-electron chi connectivity index (χ1n) is 22.6. The Balaban J connectivity index is 0.000000382. The molecule has 0 saturated carbocycles. The zero-order valence-electron chi connectivity index (χ0n) is 42.9. The van der Waals surface area contributed by atoms with Crippen LogP contribution in [0.5, 0.6) is 0 Å². The molecule has 83 heavy (non-hydrogen) atoms. The van der Waals surface area contributed by atoms with E-state index in [0.717, 1.165) is 88.6 Å². The fourth-order valence-corrected chi connectivity index (χ4v) is 6.71. The number of fused-ring (bicyclic) bond motifs is 4. The van der Waals surface area contributed by atoms with E-state index >= 15 is 0 Å². The van der Waals surface area contributed by atoms with E-state index in [2.05, 4.69) is 92.7 Å². The minimum absolute atomic E-state index is 0. The molecule has 9 nitrogen and oxygen atoms in total. The van der Waals surface area contributed by atoms with Gasteiger partial charge in [0.1, 0.15) is 11.6 Å². The number of benzene rings is 4. The molecule has 1 radical (unpaired) electrons. The Morgan fingerprint density at radius 2 is 0.434 bits per heavy atom. The van der Waals surface area contributed by atoms with Gasteiger partial charge in [-0.05, 0) is 76.2 Å². The van der Waals surface area contributed by atoms with E-state index in [1.165, 1.54) is 27.7 Å². The summed E-state index contributed by atoms with van der Waals surface area (Å²) in [7, 11) is -32.0. The van der Waals surface area contributed by atoms with E-state index in [9.17, 15) is 85.1 Å². The Morgan fingerprint density at radius 1 is 0.289 bits per heavy atom. The third-order valence-corrected chi connectivity index (χ3v) is 9.13. The van der Waals surface area contributed by atoms with Crippen LogP contribution < -0.4 is 0 Å². The zero-order chi connectivity index (χ0) is 61.1. The zero-order valence-corrected chi connectivity index (χ0v) is 46.8. The second-order valence-corrected chi connectivity index (χ2v) is 22.8. The number of pyridine rings is 6. The normalized spacial score (nSPS) is 13.4. The van der Waals surface area contributed by atoms with E-state index in [1.54, 1.807) is 0 Å². The molecule has 2 N–H and O–H groups in total. The molecule has 6 aromatic heterocycles. The maximum atomic E-state index is 9.87.